The van der Waals surface area contributed by atoms with Gasteiger partial charge < -0.3 is 16.5 Å². The smallest absolute Gasteiger partial charge is 0.278 e. The van der Waals surface area contributed by atoms with Gasteiger partial charge in [-0.1, -0.05) is 0 Å². The lowest BCUT2D eigenvalue weighted by atomic mass is 10.1. The molecule has 0 amide bonds. The highest BCUT2D eigenvalue weighted by molar-refractivity contribution is 7.16. The third-order valence-corrected chi connectivity index (χ3v) is 4.69. The van der Waals surface area contributed by atoms with E-state index in [2.05, 4.69) is 19.9 Å². The molecule has 0 spiro atoms. The lowest BCUT2D eigenvalue weighted by molar-refractivity contribution is 0.915. The van der Waals surface area contributed by atoms with E-state index in [9.17, 15) is 4.79 Å². The molecule has 7 nitrogen and oxygen atoms in total. The standard InChI is InChI=1S/C12H12N6OS/c13-8-6(4-2-1-3-5(4)20-8)9-15-7-10(16-9)17-12(14)18-11(7)19/h1-3,13H2,(H4,14,15,16,17,18,19). The van der Waals surface area contributed by atoms with Gasteiger partial charge in [0.15, 0.2) is 11.2 Å². The molecule has 1 aliphatic rings. The summed E-state index contributed by atoms with van der Waals surface area (Å²) in [5.74, 6) is 0.657. The molecule has 1 aliphatic carbocycles. The fourth-order valence-electron chi connectivity index (χ4n) is 2.73. The Morgan fingerprint density at radius 1 is 1.15 bits per heavy atom. The first-order valence-corrected chi connectivity index (χ1v) is 7.11. The number of imidazole rings is 1. The van der Waals surface area contributed by atoms with Crippen molar-refractivity contribution in [1.82, 2.24) is 19.9 Å². The van der Waals surface area contributed by atoms with Crippen LogP contribution in [0, 0.1) is 0 Å². The summed E-state index contributed by atoms with van der Waals surface area (Å²) in [6.07, 6.45) is 3.21. The van der Waals surface area contributed by atoms with Crippen molar-refractivity contribution in [3.63, 3.8) is 0 Å². The molecule has 8 heteroatoms. The highest BCUT2D eigenvalue weighted by Crippen LogP contribution is 2.42. The molecule has 0 saturated carbocycles. The van der Waals surface area contributed by atoms with E-state index >= 15 is 0 Å². The van der Waals surface area contributed by atoms with Gasteiger partial charge in [-0.3, -0.25) is 9.78 Å². The van der Waals surface area contributed by atoms with Crippen molar-refractivity contribution in [1.29, 1.82) is 0 Å². The number of rotatable bonds is 1. The molecule has 3 aromatic heterocycles. The quantitative estimate of drug-likeness (QED) is 0.532. The number of H-pyrrole nitrogens is 2. The summed E-state index contributed by atoms with van der Waals surface area (Å²) in [5, 5.41) is 0.734. The van der Waals surface area contributed by atoms with Gasteiger partial charge in [0.05, 0.1) is 10.6 Å². The minimum absolute atomic E-state index is 0.0593. The van der Waals surface area contributed by atoms with Gasteiger partial charge >= 0.3 is 0 Å². The summed E-state index contributed by atoms with van der Waals surface area (Å²) in [6, 6.07) is 0. The first-order chi connectivity index (χ1) is 9.63. The maximum atomic E-state index is 11.8. The van der Waals surface area contributed by atoms with Gasteiger partial charge in [-0.05, 0) is 24.8 Å². The zero-order valence-electron chi connectivity index (χ0n) is 10.5. The molecule has 0 radical (unpaired) electrons. The number of aromatic nitrogens is 4. The van der Waals surface area contributed by atoms with Crippen LogP contribution in [0.1, 0.15) is 16.9 Å². The number of nitrogens with two attached hydrogens (primary N) is 2. The minimum Gasteiger partial charge on any atom is -0.390 e. The molecule has 0 fully saturated rings. The third-order valence-electron chi connectivity index (χ3n) is 3.57. The minimum atomic E-state index is -0.323. The monoisotopic (exact) mass is 288 g/mol. The van der Waals surface area contributed by atoms with E-state index in [0.717, 1.165) is 29.8 Å². The Morgan fingerprint density at radius 2 is 2.00 bits per heavy atom. The van der Waals surface area contributed by atoms with E-state index < -0.39 is 0 Å². The van der Waals surface area contributed by atoms with Crippen LogP contribution in [0.3, 0.4) is 0 Å². The van der Waals surface area contributed by atoms with Crippen molar-refractivity contribution < 1.29 is 0 Å². The Bertz CT molecular complexity index is 889. The molecule has 6 N–H and O–H groups in total. The predicted molar refractivity (Wildman–Crippen MR) is 78.7 cm³/mol. The number of aryl methyl sites for hydroxylation is 1. The normalized spacial score (nSPS) is 14.0. The maximum absolute atomic E-state index is 11.8. The van der Waals surface area contributed by atoms with Crippen molar-refractivity contribution in [3.05, 3.63) is 20.8 Å². The van der Waals surface area contributed by atoms with Gasteiger partial charge in [0.2, 0.25) is 5.95 Å². The number of nitrogens with one attached hydrogen (secondary N) is 2. The second-order valence-electron chi connectivity index (χ2n) is 4.83. The largest absolute Gasteiger partial charge is 0.390 e. The Morgan fingerprint density at radius 3 is 2.85 bits per heavy atom. The molecule has 0 aromatic carbocycles. The SMILES string of the molecule is Nc1nc2nc(-c3c(N)sc4c3CCC4)[nH]c2c(=O)[nH]1. The Kier molecular flexibility index (Phi) is 2.19. The second-order valence-corrected chi connectivity index (χ2v) is 5.97. The fraction of sp³-hybridized carbons (Fsp3) is 0.250. The number of aromatic amines is 2. The molecule has 3 aromatic rings. The summed E-state index contributed by atoms with van der Waals surface area (Å²) in [5.41, 5.74) is 14.1. The topological polar surface area (TPSA) is 126 Å². The molecule has 0 atom stereocenters. The van der Waals surface area contributed by atoms with E-state index in [-0.39, 0.29) is 11.5 Å². The van der Waals surface area contributed by atoms with Gasteiger partial charge in [0.25, 0.3) is 5.56 Å². The summed E-state index contributed by atoms with van der Waals surface area (Å²) in [7, 11) is 0. The average molecular weight is 288 g/mol. The van der Waals surface area contributed by atoms with E-state index in [0.29, 0.717) is 17.0 Å². The van der Waals surface area contributed by atoms with Gasteiger partial charge in [-0.2, -0.15) is 4.98 Å². The summed E-state index contributed by atoms with van der Waals surface area (Å²) in [4.78, 5) is 27.0. The highest BCUT2D eigenvalue weighted by atomic mass is 32.1. The molecule has 0 unspecified atom stereocenters. The van der Waals surface area contributed by atoms with E-state index in [1.54, 1.807) is 11.3 Å². The van der Waals surface area contributed by atoms with Crippen molar-refractivity contribution >= 4 is 33.5 Å². The van der Waals surface area contributed by atoms with Crippen LogP contribution < -0.4 is 17.0 Å². The van der Waals surface area contributed by atoms with E-state index in [4.69, 9.17) is 11.5 Å². The number of hydrogen-bond donors (Lipinski definition) is 4. The van der Waals surface area contributed by atoms with Gasteiger partial charge in [0, 0.05) is 4.88 Å². The first-order valence-electron chi connectivity index (χ1n) is 6.29. The van der Waals surface area contributed by atoms with E-state index in [1.807, 2.05) is 0 Å². The molecule has 0 bridgehead atoms. The van der Waals surface area contributed by atoms with Crippen LogP contribution in [0.4, 0.5) is 10.9 Å². The Labute approximate surface area is 117 Å². The number of nitrogens with zero attached hydrogens (tertiary/aromatic N) is 2. The van der Waals surface area contributed by atoms with Crippen LogP contribution >= 0.6 is 11.3 Å². The van der Waals surface area contributed by atoms with Crippen molar-refractivity contribution in [2.45, 2.75) is 19.3 Å². The summed E-state index contributed by atoms with van der Waals surface area (Å²) < 4.78 is 0. The van der Waals surface area contributed by atoms with Crippen LogP contribution in [0.2, 0.25) is 0 Å². The number of thiophene rings is 1. The molecule has 102 valence electrons. The zero-order chi connectivity index (χ0) is 13.9. The first kappa shape index (κ1) is 11.5. The molecule has 0 saturated heterocycles. The number of nitrogen functional groups attached to an aromatic ring is 2. The van der Waals surface area contributed by atoms with Crippen LogP contribution in [-0.4, -0.2) is 19.9 Å². The van der Waals surface area contributed by atoms with Crippen molar-refractivity contribution in [2.24, 2.45) is 0 Å². The zero-order valence-corrected chi connectivity index (χ0v) is 11.3. The number of anilines is 2. The summed E-state index contributed by atoms with van der Waals surface area (Å²) in [6.45, 7) is 0. The Hall–Kier alpha value is -2.35. The average Bonchev–Trinajstić information content (AvgIpc) is 3.02. The molecule has 4 rings (SSSR count). The number of hydrogen-bond acceptors (Lipinski definition) is 6. The van der Waals surface area contributed by atoms with Crippen LogP contribution in [0.15, 0.2) is 4.79 Å². The molecule has 20 heavy (non-hydrogen) atoms. The predicted octanol–water partition coefficient (Wildman–Crippen LogP) is 1.03. The lowest BCUT2D eigenvalue weighted by Crippen LogP contribution is -2.10. The molecular weight excluding hydrogens is 276 g/mol. The van der Waals surface area contributed by atoms with Crippen LogP contribution in [-0.2, 0) is 12.8 Å². The Balaban J connectivity index is 2.00. The third kappa shape index (κ3) is 1.48. The maximum Gasteiger partial charge on any atom is 0.278 e. The molecule has 3 heterocycles. The fourth-order valence-corrected chi connectivity index (χ4v) is 3.89. The van der Waals surface area contributed by atoms with Gasteiger partial charge in [-0.25, -0.2) is 4.98 Å². The van der Waals surface area contributed by atoms with Crippen LogP contribution in [0.5, 0.6) is 0 Å². The molecule has 0 aliphatic heterocycles. The van der Waals surface area contributed by atoms with Crippen molar-refractivity contribution in [2.75, 3.05) is 11.5 Å². The summed E-state index contributed by atoms with van der Waals surface area (Å²) >= 11 is 1.60. The number of fused-ring (bicyclic) bond motifs is 2. The highest BCUT2D eigenvalue weighted by Gasteiger charge is 2.24. The van der Waals surface area contributed by atoms with Crippen molar-refractivity contribution in [3.8, 4) is 11.4 Å². The van der Waals surface area contributed by atoms with Gasteiger partial charge in [-0.15, -0.1) is 11.3 Å². The second kappa shape index (κ2) is 3.83. The van der Waals surface area contributed by atoms with Crippen LogP contribution in [0.25, 0.3) is 22.6 Å². The lowest BCUT2D eigenvalue weighted by Gasteiger charge is -1.98. The van der Waals surface area contributed by atoms with Gasteiger partial charge in [0.1, 0.15) is 5.82 Å². The molecular formula is C12H12N6OS. The van der Waals surface area contributed by atoms with E-state index in [1.165, 1.54) is 10.4 Å².